The number of nitrogens with zero attached hydrogens (tertiary/aromatic N) is 2. The summed E-state index contributed by atoms with van der Waals surface area (Å²) >= 11 is 0. The van der Waals surface area contributed by atoms with Crippen LogP contribution in [0.3, 0.4) is 0 Å². The smallest absolute Gasteiger partial charge is 0.211 e. The lowest BCUT2D eigenvalue weighted by Crippen LogP contribution is -2.17. The molecule has 1 unspecified atom stereocenters. The Morgan fingerprint density at radius 1 is 1.53 bits per heavy atom. The van der Waals surface area contributed by atoms with E-state index in [1.807, 2.05) is 32.2 Å². The standard InChI is InChI=1S/C12H17N3O2/c1-8(13)6-9-4-5-11(17-9)10-7-12(16-3)15(2)14-10/h4-5,7-8H,6,13H2,1-3H3. The zero-order chi connectivity index (χ0) is 12.4. The molecule has 0 spiro atoms. The van der Waals surface area contributed by atoms with Crippen molar-refractivity contribution in [2.75, 3.05) is 7.11 Å². The third-order valence-corrected chi connectivity index (χ3v) is 2.48. The molecule has 1 atom stereocenters. The first-order valence-electron chi connectivity index (χ1n) is 5.53. The number of furan rings is 1. The lowest BCUT2D eigenvalue weighted by molar-refractivity contribution is 0.373. The largest absolute Gasteiger partial charge is 0.481 e. The number of rotatable bonds is 4. The number of methoxy groups -OCH3 is 1. The molecule has 2 rings (SSSR count). The lowest BCUT2D eigenvalue weighted by Gasteiger charge is -1.99. The Morgan fingerprint density at radius 3 is 2.88 bits per heavy atom. The normalized spacial score (nSPS) is 12.7. The van der Waals surface area contributed by atoms with Gasteiger partial charge in [0.05, 0.1) is 7.11 Å². The van der Waals surface area contributed by atoms with Crippen LogP contribution in [-0.2, 0) is 13.5 Å². The van der Waals surface area contributed by atoms with E-state index >= 15 is 0 Å². The zero-order valence-electron chi connectivity index (χ0n) is 10.3. The average molecular weight is 235 g/mol. The number of nitrogens with two attached hydrogens (primary N) is 1. The van der Waals surface area contributed by atoms with Gasteiger partial charge in [-0.2, -0.15) is 5.10 Å². The molecular weight excluding hydrogens is 218 g/mol. The number of aryl methyl sites for hydroxylation is 1. The summed E-state index contributed by atoms with van der Waals surface area (Å²) < 4.78 is 12.5. The van der Waals surface area contributed by atoms with Crippen molar-refractivity contribution in [1.82, 2.24) is 9.78 Å². The highest BCUT2D eigenvalue weighted by Gasteiger charge is 2.11. The fourth-order valence-electron chi connectivity index (χ4n) is 1.70. The quantitative estimate of drug-likeness (QED) is 0.873. The first-order chi connectivity index (χ1) is 8.10. The third kappa shape index (κ3) is 2.50. The van der Waals surface area contributed by atoms with Gasteiger partial charge in [-0.25, -0.2) is 4.68 Å². The van der Waals surface area contributed by atoms with Crippen LogP contribution in [0.1, 0.15) is 12.7 Å². The second kappa shape index (κ2) is 4.63. The van der Waals surface area contributed by atoms with E-state index in [4.69, 9.17) is 14.9 Å². The average Bonchev–Trinajstić information content (AvgIpc) is 2.83. The molecule has 0 aromatic carbocycles. The van der Waals surface area contributed by atoms with Crippen LogP contribution in [0.4, 0.5) is 0 Å². The van der Waals surface area contributed by atoms with Crippen LogP contribution in [0.5, 0.6) is 5.88 Å². The van der Waals surface area contributed by atoms with Crippen molar-refractivity contribution in [1.29, 1.82) is 0 Å². The first-order valence-corrected chi connectivity index (χ1v) is 5.53. The highest BCUT2D eigenvalue weighted by molar-refractivity contribution is 5.53. The molecule has 2 aromatic rings. The van der Waals surface area contributed by atoms with Crippen molar-refractivity contribution in [2.24, 2.45) is 12.8 Å². The predicted molar refractivity (Wildman–Crippen MR) is 64.8 cm³/mol. The van der Waals surface area contributed by atoms with Gasteiger partial charge in [0.2, 0.25) is 5.88 Å². The van der Waals surface area contributed by atoms with E-state index in [2.05, 4.69) is 5.10 Å². The highest BCUT2D eigenvalue weighted by atomic mass is 16.5. The van der Waals surface area contributed by atoms with Gasteiger partial charge in [0.15, 0.2) is 5.76 Å². The summed E-state index contributed by atoms with van der Waals surface area (Å²) in [5.41, 5.74) is 6.49. The summed E-state index contributed by atoms with van der Waals surface area (Å²) in [6.45, 7) is 1.95. The van der Waals surface area contributed by atoms with E-state index in [9.17, 15) is 0 Å². The maximum Gasteiger partial charge on any atom is 0.211 e. The Morgan fingerprint density at radius 2 is 2.29 bits per heavy atom. The van der Waals surface area contributed by atoms with Crippen LogP contribution < -0.4 is 10.5 Å². The molecule has 0 aliphatic rings. The van der Waals surface area contributed by atoms with E-state index in [0.717, 1.165) is 23.6 Å². The molecule has 0 radical (unpaired) electrons. The van der Waals surface area contributed by atoms with Crippen LogP contribution in [0.2, 0.25) is 0 Å². The SMILES string of the molecule is COc1cc(-c2ccc(CC(C)N)o2)nn1C. The number of ether oxygens (including phenoxy) is 1. The topological polar surface area (TPSA) is 66.2 Å². The summed E-state index contributed by atoms with van der Waals surface area (Å²) in [6, 6.07) is 5.76. The molecule has 17 heavy (non-hydrogen) atoms. The predicted octanol–water partition coefficient (Wildman–Crippen LogP) is 1.58. The molecule has 0 fully saturated rings. The number of hydrogen-bond donors (Lipinski definition) is 1. The summed E-state index contributed by atoms with van der Waals surface area (Å²) in [6.07, 6.45) is 0.726. The molecule has 2 N–H and O–H groups in total. The van der Waals surface area contributed by atoms with Gasteiger partial charge in [0, 0.05) is 25.6 Å². The van der Waals surface area contributed by atoms with E-state index in [0.29, 0.717) is 5.88 Å². The van der Waals surface area contributed by atoms with Gasteiger partial charge in [-0.15, -0.1) is 0 Å². The summed E-state index contributed by atoms with van der Waals surface area (Å²) in [5.74, 6) is 2.31. The Bertz CT molecular complexity index is 500. The fraction of sp³-hybridized carbons (Fsp3) is 0.417. The zero-order valence-corrected chi connectivity index (χ0v) is 10.3. The molecule has 0 saturated carbocycles. The maximum atomic E-state index is 5.72. The Kier molecular flexibility index (Phi) is 3.19. The summed E-state index contributed by atoms with van der Waals surface area (Å²) in [5, 5.41) is 4.31. The molecule has 0 saturated heterocycles. The van der Waals surface area contributed by atoms with Crippen molar-refractivity contribution >= 4 is 0 Å². The van der Waals surface area contributed by atoms with Gasteiger partial charge in [0.1, 0.15) is 11.5 Å². The van der Waals surface area contributed by atoms with E-state index in [1.165, 1.54) is 0 Å². The van der Waals surface area contributed by atoms with Crippen molar-refractivity contribution in [3.63, 3.8) is 0 Å². The lowest BCUT2D eigenvalue weighted by atomic mass is 10.2. The summed E-state index contributed by atoms with van der Waals surface area (Å²) in [4.78, 5) is 0. The van der Waals surface area contributed by atoms with E-state index in [-0.39, 0.29) is 6.04 Å². The van der Waals surface area contributed by atoms with Crippen LogP contribution in [0.15, 0.2) is 22.6 Å². The Hall–Kier alpha value is -1.75. The molecule has 0 bridgehead atoms. The minimum Gasteiger partial charge on any atom is -0.481 e. The Balaban J connectivity index is 2.24. The molecule has 92 valence electrons. The van der Waals surface area contributed by atoms with Crippen molar-refractivity contribution in [2.45, 2.75) is 19.4 Å². The van der Waals surface area contributed by atoms with E-state index < -0.39 is 0 Å². The second-order valence-corrected chi connectivity index (χ2v) is 4.14. The van der Waals surface area contributed by atoms with Crippen LogP contribution >= 0.6 is 0 Å². The minimum absolute atomic E-state index is 0.0901. The molecule has 0 aliphatic heterocycles. The van der Waals surface area contributed by atoms with Crippen LogP contribution in [0.25, 0.3) is 11.5 Å². The summed E-state index contributed by atoms with van der Waals surface area (Å²) in [7, 11) is 3.44. The molecule has 2 aromatic heterocycles. The molecule has 2 heterocycles. The van der Waals surface area contributed by atoms with Gasteiger partial charge in [-0.05, 0) is 19.1 Å². The van der Waals surface area contributed by atoms with Crippen molar-refractivity contribution in [3.8, 4) is 17.3 Å². The van der Waals surface area contributed by atoms with Gasteiger partial charge in [-0.3, -0.25) is 0 Å². The highest BCUT2D eigenvalue weighted by Crippen LogP contribution is 2.24. The number of hydrogen-bond acceptors (Lipinski definition) is 4. The van der Waals surface area contributed by atoms with Crippen molar-refractivity contribution in [3.05, 3.63) is 24.0 Å². The Labute approximate surface area is 100 Å². The van der Waals surface area contributed by atoms with Gasteiger partial charge < -0.3 is 14.9 Å². The monoisotopic (exact) mass is 235 g/mol. The molecular formula is C12H17N3O2. The van der Waals surface area contributed by atoms with Crippen LogP contribution in [0, 0.1) is 0 Å². The third-order valence-electron chi connectivity index (χ3n) is 2.48. The first kappa shape index (κ1) is 11.7. The molecule has 5 heteroatoms. The van der Waals surface area contributed by atoms with Gasteiger partial charge >= 0.3 is 0 Å². The molecule has 0 aliphatic carbocycles. The van der Waals surface area contributed by atoms with Gasteiger partial charge in [-0.1, -0.05) is 0 Å². The van der Waals surface area contributed by atoms with Gasteiger partial charge in [0.25, 0.3) is 0 Å². The minimum atomic E-state index is 0.0901. The number of aromatic nitrogens is 2. The maximum absolute atomic E-state index is 5.72. The molecule has 0 amide bonds. The van der Waals surface area contributed by atoms with Crippen molar-refractivity contribution < 1.29 is 9.15 Å². The van der Waals surface area contributed by atoms with Crippen LogP contribution in [-0.4, -0.2) is 22.9 Å². The molecule has 5 nitrogen and oxygen atoms in total. The van der Waals surface area contributed by atoms with E-state index in [1.54, 1.807) is 11.8 Å². The second-order valence-electron chi connectivity index (χ2n) is 4.14. The fourth-order valence-corrected chi connectivity index (χ4v) is 1.70.